The van der Waals surface area contributed by atoms with Gasteiger partial charge in [-0.1, -0.05) is 0 Å². The van der Waals surface area contributed by atoms with Gasteiger partial charge in [0.05, 0.1) is 19.8 Å². The number of unbranched alkanes of at least 4 members (excludes halogenated alkanes) is 1. The molecule has 0 radical (unpaired) electrons. The van der Waals surface area contributed by atoms with Crippen LogP contribution in [0.3, 0.4) is 0 Å². The summed E-state index contributed by atoms with van der Waals surface area (Å²) in [6.07, 6.45) is 1.89. The van der Waals surface area contributed by atoms with Gasteiger partial charge < -0.3 is 25.6 Å². The van der Waals surface area contributed by atoms with Gasteiger partial charge in [-0.25, -0.2) is 0 Å². The second kappa shape index (κ2) is 13.8. The Bertz CT molecular complexity index is 103. The molecule has 0 aliphatic heterocycles. The van der Waals surface area contributed by atoms with Crippen molar-refractivity contribution in [3.05, 3.63) is 0 Å². The van der Waals surface area contributed by atoms with Crippen LogP contribution in [-0.4, -0.2) is 62.8 Å². The van der Waals surface area contributed by atoms with Crippen LogP contribution in [0.15, 0.2) is 0 Å². The highest BCUT2D eigenvalue weighted by molar-refractivity contribution is 4.52. The first-order valence-corrected chi connectivity index (χ1v) is 5.62. The predicted octanol–water partition coefficient (Wildman–Crippen LogP) is -1.05. The average Bonchev–Trinajstić information content (AvgIpc) is 2.26. The third kappa shape index (κ3) is 13.8. The van der Waals surface area contributed by atoms with Crippen LogP contribution in [0.5, 0.6) is 0 Å². The minimum atomic E-state index is 0.0897. The molecule has 0 fully saturated rings. The fourth-order valence-electron chi connectivity index (χ4n) is 1.10. The van der Waals surface area contributed by atoms with Crippen LogP contribution in [-0.2, 0) is 4.74 Å². The molecule has 0 saturated heterocycles. The minimum Gasteiger partial charge on any atom is -0.396 e. The van der Waals surface area contributed by atoms with Gasteiger partial charge in [0.25, 0.3) is 0 Å². The van der Waals surface area contributed by atoms with Gasteiger partial charge >= 0.3 is 0 Å². The monoisotopic (exact) mass is 220 g/mol. The Balaban J connectivity index is 2.81. The van der Waals surface area contributed by atoms with Gasteiger partial charge in [0.1, 0.15) is 0 Å². The van der Waals surface area contributed by atoms with Crippen LogP contribution < -0.4 is 10.6 Å². The zero-order valence-electron chi connectivity index (χ0n) is 9.37. The fraction of sp³-hybridized carbons (Fsp3) is 1.00. The van der Waals surface area contributed by atoms with Crippen LogP contribution in [0, 0.1) is 0 Å². The van der Waals surface area contributed by atoms with Crippen molar-refractivity contribution in [2.24, 2.45) is 0 Å². The molecule has 0 unspecified atom stereocenters. The largest absolute Gasteiger partial charge is 0.396 e. The average molecular weight is 220 g/mol. The highest BCUT2D eigenvalue weighted by Crippen LogP contribution is 1.82. The summed E-state index contributed by atoms with van der Waals surface area (Å²) >= 11 is 0. The number of aliphatic hydroxyl groups excluding tert-OH is 2. The fourth-order valence-corrected chi connectivity index (χ4v) is 1.10. The first-order chi connectivity index (χ1) is 7.41. The van der Waals surface area contributed by atoms with E-state index in [4.69, 9.17) is 14.9 Å². The molecule has 92 valence electrons. The lowest BCUT2D eigenvalue weighted by Crippen LogP contribution is -2.30. The number of aliphatic hydroxyl groups is 2. The number of hydrogen-bond donors (Lipinski definition) is 4. The number of hydrogen-bond acceptors (Lipinski definition) is 5. The van der Waals surface area contributed by atoms with Crippen LogP contribution in [0.25, 0.3) is 0 Å². The first-order valence-electron chi connectivity index (χ1n) is 5.62. The van der Waals surface area contributed by atoms with E-state index in [9.17, 15) is 0 Å². The topological polar surface area (TPSA) is 73.8 Å². The first kappa shape index (κ1) is 14.8. The number of ether oxygens (including phenoxy) is 1. The zero-order valence-corrected chi connectivity index (χ0v) is 9.37. The van der Waals surface area contributed by atoms with E-state index >= 15 is 0 Å². The maximum Gasteiger partial charge on any atom is 0.0698 e. The molecule has 0 rings (SSSR count). The molecule has 0 amide bonds. The predicted molar refractivity (Wildman–Crippen MR) is 60.0 cm³/mol. The van der Waals surface area contributed by atoms with E-state index in [0.29, 0.717) is 13.2 Å². The van der Waals surface area contributed by atoms with Crippen LogP contribution in [0.4, 0.5) is 0 Å². The third-order valence-corrected chi connectivity index (χ3v) is 1.90. The summed E-state index contributed by atoms with van der Waals surface area (Å²) in [7, 11) is 0. The van der Waals surface area contributed by atoms with E-state index in [-0.39, 0.29) is 13.2 Å². The van der Waals surface area contributed by atoms with Gasteiger partial charge in [-0.15, -0.1) is 0 Å². The maximum atomic E-state index is 8.54. The van der Waals surface area contributed by atoms with E-state index in [1.807, 2.05) is 0 Å². The van der Waals surface area contributed by atoms with Gasteiger partial charge in [-0.3, -0.25) is 0 Å². The number of rotatable bonds is 12. The van der Waals surface area contributed by atoms with E-state index in [1.165, 1.54) is 0 Å². The molecule has 0 spiro atoms. The zero-order chi connectivity index (χ0) is 11.2. The van der Waals surface area contributed by atoms with Crippen molar-refractivity contribution in [3.8, 4) is 0 Å². The minimum absolute atomic E-state index is 0.0897. The quantitative estimate of drug-likeness (QED) is 0.316. The molecule has 0 heterocycles. The lowest BCUT2D eigenvalue weighted by molar-refractivity contribution is 0.0940. The smallest absolute Gasteiger partial charge is 0.0698 e. The van der Waals surface area contributed by atoms with Crippen molar-refractivity contribution in [2.45, 2.75) is 12.8 Å². The second-order valence-electron chi connectivity index (χ2n) is 3.27. The molecular weight excluding hydrogens is 196 g/mol. The normalized spacial score (nSPS) is 10.8. The summed E-state index contributed by atoms with van der Waals surface area (Å²) in [5.74, 6) is 0. The van der Waals surface area contributed by atoms with Crippen molar-refractivity contribution < 1.29 is 14.9 Å². The van der Waals surface area contributed by atoms with Gasteiger partial charge in [-0.05, 0) is 19.4 Å². The Hall–Kier alpha value is -0.200. The molecule has 4 N–H and O–H groups in total. The van der Waals surface area contributed by atoms with Gasteiger partial charge in [0, 0.05) is 26.2 Å². The number of nitrogens with one attached hydrogen (secondary N) is 2. The summed E-state index contributed by atoms with van der Waals surface area (Å²) in [6.45, 7) is 5.06. The standard InChI is InChI=1S/C10H24N2O3/c13-7-2-1-3-11-4-5-12-6-9-15-10-8-14/h11-14H,1-10H2. The van der Waals surface area contributed by atoms with Crippen molar-refractivity contribution in [3.63, 3.8) is 0 Å². The molecule has 0 aliphatic carbocycles. The molecule has 15 heavy (non-hydrogen) atoms. The summed E-state index contributed by atoms with van der Waals surface area (Å²) in [5.41, 5.74) is 0. The SMILES string of the molecule is OCCCCNCCNCCOCCO. The Morgan fingerprint density at radius 1 is 0.733 bits per heavy atom. The lowest BCUT2D eigenvalue weighted by Gasteiger charge is -2.06. The van der Waals surface area contributed by atoms with E-state index in [1.54, 1.807) is 0 Å². The van der Waals surface area contributed by atoms with Gasteiger partial charge in [-0.2, -0.15) is 0 Å². The Morgan fingerprint density at radius 2 is 1.47 bits per heavy atom. The van der Waals surface area contributed by atoms with Gasteiger partial charge in [0.15, 0.2) is 0 Å². The highest BCUT2D eigenvalue weighted by atomic mass is 16.5. The Morgan fingerprint density at radius 3 is 2.13 bits per heavy atom. The van der Waals surface area contributed by atoms with Crippen LogP contribution >= 0.6 is 0 Å². The Labute approximate surface area is 91.8 Å². The van der Waals surface area contributed by atoms with Crippen LogP contribution in [0.2, 0.25) is 0 Å². The second-order valence-corrected chi connectivity index (χ2v) is 3.27. The summed E-state index contributed by atoms with van der Waals surface area (Å²) in [6, 6.07) is 0. The lowest BCUT2D eigenvalue weighted by atomic mass is 10.3. The highest BCUT2D eigenvalue weighted by Gasteiger charge is 1.89. The van der Waals surface area contributed by atoms with E-state index in [2.05, 4.69) is 10.6 Å². The van der Waals surface area contributed by atoms with Crippen molar-refractivity contribution in [2.75, 3.05) is 52.6 Å². The summed E-state index contributed by atoms with van der Waals surface area (Å²) in [4.78, 5) is 0. The maximum absolute atomic E-state index is 8.54. The summed E-state index contributed by atoms with van der Waals surface area (Å²) in [5, 5.41) is 23.5. The van der Waals surface area contributed by atoms with Gasteiger partial charge in [0.2, 0.25) is 0 Å². The molecule has 5 heteroatoms. The van der Waals surface area contributed by atoms with Crippen molar-refractivity contribution in [1.29, 1.82) is 0 Å². The molecular formula is C10H24N2O3. The molecule has 0 bridgehead atoms. The van der Waals surface area contributed by atoms with E-state index < -0.39 is 0 Å². The molecule has 0 aromatic carbocycles. The van der Waals surface area contributed by atoms with Crippen molar-refractivity contribution >= 4 is 0 Å². The Kier molecular flexibility index (Phi) is 13.6. The molecule has 0 atom stereocenters. The van der Waals surface area contributed by atoms with E-state index in [0.717, 1.165) is 39.0 Å². The van der Waals surface area contributed by atoms with Crippen molar-refractivity contribution in [1.82, 2.24) is 10.6 Å². The molecule has 0 aromatic heterocycles. The van der Waals surface area contributed by atoms with Crippen LogP contribution in [0.1, 0.15) is 12.8 Å². The molecule has 0 aliphatic rings. The summed E-state index contributed by atoms with van der Waals surface area (Å²) < 4.78 is 5.08. The third-order valence-electron chi connectivity index (χ3n) is 1.90. The molecule has 5 nitrogen and oxygen atoms in total. The molecule has 0 saturated carbocycles. The molecule has 0 aromatic rings.